The molecule has 0 fully saturated rings. The molecule has 2 aromatic carbocycles. The van der Waals surface area contributed by atoms with Gasteiger partial charge in [0.15, 0.2) is 0 Å². The van der Waals surface area contributed by atoms with E-state index >= 15 is 0 Å². The van der Waals surface area contributed by atoms with E-state index < -0.39 is 16.1 Å². The largest absolute Gasteiger partial charge is 0.352 e. The van der Waals surface area contributed by atoms with Crippen LogP contribution in [0.15, 0.2) is 42.5 Å². The smallest absolute Gasteiger partial charge is 0.242 e. The summed E-state index contributed by atoms with van der Waals surface area (Å²) in [5.74, 6) is -0.495. The summed E-state index contributed by atoms with van der Waals surface area (Å²) in [6.07, 6.45) is 2.23. The number of anilines is 1. The number of amides is 2. The average molecular weight is 557 g/mol. The monoisotopic (exact) mass is 555 g/mol. The summed E-state index contributed by atoms with van der Waals surface area (Å²) < 4.78 is 26.3. The van der Waals surface area contributed by atoms with E-state index in [2.05, 4.69) is 5.32 Å². The molecule has 0 saturated carbocycles. The van der Waals surface area contributed by atoms with Crippen LogP contribution in [0, 0.1) is 6.92 Å². The summed E-state index contributed by atoms with van der Waals surface area (Å²) in [6, 6.07) is 11.5. The van der Waals surface area contributed by atoms with Gasteiger partial charge in [0.2, 0.25) is 21.8 Å². The summed E-state index contributed by atoms with van der Waals surface area (Å²) in [6.45, 7) is 7.64. The van der Waals surface area contributed by atoms with Gasteiger partial charge in [-0.3, -0.25) is 13.9 Å². The summed E-state index contributed by atoms with van der Waals surface area (Å²) in [4.78, 5) is 27.7. The van der Waals surface area contributed by atoms with E-state index in [0.717, 1.165) is 18.2 Å². The molecule has 2 rings (SSSR count). The number of nitrogens with one attached hydrogen (secondary N) is 1. The summed E-state index contributed by atoms with van der Waals surface area (Å²) in [7, 11) is -3.60. The zero-order valence-electron chi connectivity index (χ0n) is 21.4. The fourth-order valence-corrected chi connectivity index (χ4v) is 5.13. The lowest BCUT2D eigenvalue weighted by molar-refractivity contribution is -0.140. The number of halogens is 2. The zero-order valence-corrected chi connectivity index (χ0v) is 23.8. The minimum Gasteiger partial charge on any atom is -0.352 e. The molecule has 0 aliphatic rings. The number of rotatable bonds is 12. The van der Waals surface area contributed by atoms with Gasteiger partial charge < -0.3 is 10.2 Å². The quantitative estimate of drug-likeness (QED) is 0.391. The Morgan fingerprint density at radius 3 is 2.36 bits per heavy atom. The number of carbonyl (C=O) groups is 2. The Kier molecular flexibility index (Phi) is 11.1. The molecule has 2 amide bonds. The van der Waals surface area contributed by atoms with Gasteiger partial charge in [0.25, 0.3) is 0 Å². The van der Waals surface area contributed by atoms with Crippen molar-refractivity contribution in [1.82, 2.24) is 10.2 Å². The molecule has 0 saturated heterocycles. The maximum Gasteiger partial charge on any atom is 0.242 e. The standard InChI is InChI=1S/C26H35Cl2N3O4S/c1-6-18(2)29-26(33)20(4)30(17-21-10-7-11-22(27)16-21)25(32)14-9-15-31(36(5,34)35)24-13-8-12-23(28)19(24)3/h7-8,10-13,16,18,20H,6,9,14-15,17H2,1-5H3,(H,29,33)/t18-,20-/m1/s1. The lowest BCUT2D eigenvalue weighted by Crippen LogP contribution is -2.49. The predicted octanol–water partition coefficient (Wildman–Crippen LogP) is 5.18. The van der Waals surface area contributed by atoms with Crippen molar-refractivity contribution >= 4 is 50.7 Å². The molecule has 0 heterocycles. The van der Waals surface area contributed by atoms with Gasteiger partial charge in [-0.1, -0.05) is 48.3 Å². The third-order valence-electron chi connectivity index (χ3n) is 6.07. The fraction of sp³-hybridized carbons (Fsp3) is 0.462. The van der Waals surface area contributed by atoms with Crippen molar-refractivity contribution in [2.24, 2.45) is 0 Å². The lowest BCUT2D eigenvalue weighted by Gasteiger charge is -2.30. The first-order valence-electron chi connectivity index (χ1n) is 11.9. The van der Waals surface area contributed by atoms with Gasteiger partial charge in [-0.2, -0.15) is 0 Å². The summed E-state index contributed by atoms with van der Waals surface area (Å²) in [5, 5.41) is 3.93. The first kappa shape index (κ1) is 29.9. The van der Waals surface area contributed by atoms with E-state index in [4.69, 9.17) is 23.2 Å². The Morgan fingerprint density at radius 1 is 1.08 bits per heavy atom. The second-order valence-electron chi connectivity index (χ2n) is 8.97. The molecule has 0 aliphatic carbocycles. The molecule has 0 aromatic heterocycles. The predicted molar refractivity (Wildman–Crippen MR) is 147 cm³/mol. The number of carbonyl (C=O) groups excluding carboxylic acids is 2. The van der Waals surface area contributed by atoms with Crippen molar-refractivity contribution in [3.63, 3.8) is 0 Å². The molecule has 2 aromatic rings. The third-order valence-corrected chi connectivity index (χ3v) is 7.89. The first-order valence-corrected chi connectivity index (χ1v) is 14.5. The van der Waals surface area contributed by atoms with Gasteiger partial charge in [0, 0.05) is 35.6 Å². The second-order valence-corrected chi connectivity index (χ2v) is 11.7. The second kappa shape index (κ2) is 13.3. The Balaban J connectivity index is 2.21. The Hall–Kier alpha value is -2.29. The van der Waals surface area contributed by atoms with E-state index in [0.29, 0.717) is 21.3 Å². The minimum absolute atomic E-state index is 0.0210. The number of sulfonamides is 1. The fourth-order valence-electron chi connectivity index (χ4n) is 3.73. The molecule has 1 N–H and O–H groups in total. The molecule has 2 atom stereocenters. The van der Waals surface area contributed by atoms with Crippen LogP contribution in [0.3, 0.4) is 0 Å². The van der Waals surface area contributed by atoms with Crippen LogP contribution >= 0.6 is 23.2 Å². The van der Waals surface area contributed by atoms with Crippen LogP contribution in [0.2, 0.25) is 10.0 Å². The van der Waals surface area contributed by atoms with E-state index in [1.807, 2.05) is 19.9 Å². The van der Waals surface area contributed by atoms with Crippen molar-refractivity contribution in [2.45, 2.75) is 65.6 Å². The van der Waals surface area contributed by atoms with Crippen LogP contribution < -0.4 is 9.62 Å². The molecule has 0 bridgehead atoms. The van der Waals surface area contributed by atoms with E-state index in [1.165, 1.54) is 9.21 Å². The van der Waals surface area contributed by atoms with Crippen molar-refractivity contribution in [3.8, 4) is 0 Å². The molecule has 0 aliphatic heterocycles. The minimum atomic E-state index is -3.60. The van der Waals surface area contributed by atoms with Crippen LogP contribution in [-0.4, -0.2) is 50.0 Å². The van der Waals surface area contributed by atoms with Crippen molar-refractivity contribution in [1.29, 1.82) is 0 Å². The Morgan fingerprint density at radius 2 is 1.75 bits per heavy atom. The maximum atomic E-state index is 13.3. The lowest BCUT2D eigenvalue weighted by atomic mass is 10.1. The molecule has 7 nitrogen and oxygen atoms in total. The van der Waals surface area contributed by atoms with E-state index in [1.54, 1.807) is 50.2 Å². The van der Waals surface area contributed by atoms with Crippen molar-refractivity contribution < 1.29 is 18.0 Å². The number of hydrogen-bond acceptors (Lipinski definition) is 4. The van der Waals surface area contributed by atoms with Crippen molar-refractivity contribution in [3.05, 3.63) is 63.6 Å². The van der Waals surface area contributed by atoms with Crippen LogP contribution in [0.5, 0.6) is 0 Å². The average Bonchev–Trinajstić information content (AvgIpc) is 2.81. The molecule has 198 valence electrons. The van der Waals surface area contributed by atoms with Crippen LogP contribution in [0.4, 0.5) is 5.69 Å². The summed E-state index contributed by atoms with van der Waals surface area (Å²) in [5.41, 5.74) is 1.93. The van der Waals surface area contributed by atoms with Crippen molar-refractivity contribution in [2.75, 3.05) is 17.1 Å². The van der Waals surface area contributed by atoms with Crippen LogP contribution in [0.25, 0.3) is 0 Å². The van der Waals surface area contributed by atoms with Gasteiger partial charge in [0.1, 0.15) is 6.04 Å². The highest BCUT2D eigenvalue weighted by molar-refractivity contribution is 7.92. The number of nitrogens with zero attached hydrogens (tertiary/aromatic N) is 2. The Labute approximate surface area is 224 Å². The van der Waals surface area contributed by atoms with Gasteiger partial charge in [0.05, 0.1) is 11.9 Å². The van der Waals surface area contributed by atoms with E-state index in [-0.39, 0.29) is 43.8 Å². The summed E-state index contributed by atoms with van der Waals surface area (Å²) >= 11 is 12.3. The highest BCUT2D eigenvalue weighted by atomic mass is 35.5. The SMILES string of the molecule is CC[C@@H](C)NC(=O)[C@@H](C)N(Cc1cccc(Cl)c1)C(=O)CCCN(c1cccc(Cl)c1C)S(C)(=O)=O. The van der Waals surface area contributed by atoms with E-state index in [9.17, 15) is 18.0 Å². The molecule has 0 spiro atoms. The molecule has 0 unspecified atom stereocenters. The topological polar surface area (TPSA) is 86.8 Å². The molecule has 0 radical (unpaired) electrons. The van der Waals surface area contributed by atoms with Crippen LogP contribution in [-0.2, 0) is 26.2 Å². The van der Waals surface area contributed by atoms with Gasteiger partial charge in [-0.25, -0.2) is 8.42 Å². The normalized spacial score (nSPS) is 13.1. The van der Waals surface area contributed by atoms with Crippen LogP contribution in [0.1, 0.15) is 51.2 Å². The number of hydrogen-bond donors (Lipinski definition) is 1. The molecular formula is C26H35Cl2N3O4S. The maximum absolute atomic E-state index is 13.3. The third kappa shape index (κ3) is 8.39. The highest BCUT2D eigenvalue weighted by Gasteiger charge is 2.27. The Bertz CT molecular complexity index is 1170. The van der Waals surface area contributed by atoms with Gasteiger partial charge >= 0.3 is 0 Å². The van der Waals surface area contributed by atoms with Gasteiger partial charge in [-0.15, -0.1) is 0 Å². The zero-order chi connectivity index (χ0) is 27.0. The number of benzene rings is 2. The molecule has 36 heavy (non-hydrogen) atoms. The highest BCUT2D eigenvalue weighted by Crippen LogP contribution is 2.28. The van der Waals surface area contributed by atoms with Gasteiger partial charge in [-0.05, 0) is 69.0 Å². The molecular weight excluding hydrogens is 521 g/mol. The molecule has 10 heteroatoms. The first-order chi connectivity index (χ1) is 16.8.